The average molecular weight is 409 g/mol. The van der Waals surface area contributed by atoms with Crippen molar-refractivity contribution < 1.29 is 13.9 Å². The van der Waals surface area contributed by atoms with Crippen molar-refractivity contribution in [2.75, 3.05) is 0 Å². The highest BCUT2D eigenvalue weighted by molar-refractivity contribution is 6.91. The summed E-state index contributed by atoms with van der Waals surface area (Å²) in [5.74, 6) is -0.212. The molecule has 1 atom stereocenters. The SMILES string of the molecule is CCCCCCCCCCCC(OC(C)=O)c1coc([Si](C)(C)C(C)(C)C)c1. The Hall–Kier alpha value is -1.03. The Bertz CT molecular complexity index is 569. The topological polar surface area (TPSA) is 39.4 Å². The highest BCUT2D eigenvalue weighted by Crippen LogP contribution is 2.36. The minimum absolute atomic E-state index is 0.177. The van der Waals surface area contributed by atoms with Crippen LogP contribution in [0.1, 0.15) is 110 Å². The lowest BCUT2D eigenvalue weighted by Gasteiger charge is -2.34. The first-order valence-corrected chi connectivity index (χ1v) is 14.4. The number of carbonyl (C=O) groups excluding carboxylic acids is 1. The van der Waals surface area contributed by atoms with Gasteiger partial charge in [0.2, 0.25) is 0 Å². The van der Waals surface area contributed by atoms with E-state index in [1.165, 1.54) is 58.3 Å². The van der Waals surface area contributed by atoms with E-state index in [1.807, 2.05) is 6.26 Å². The van der Waals surface area contributed by atoms with E-state index in [9.17, 15) is 4.79 Å². The molecule has 1 aromatic heterocycles. The number of esters is 1. The molecule has 0 radical (unpaired) electrons. The van der Waals surface area contributed by atoms with Crippen LogP contribution < -0.4 is 5.38 Å². The molecule has 162 valence electrons. The summed E-state index contributed by atoms with van der Waals surface area (Å²) in [7, 11) is -1.72. The molecule has 0 aliphatic heterocycles. The minimum Gasteiger partial charge on any atom is -0.474 e. The molecule has 0 amide bonds. The monoisotopic (exact) mass is 408 g/mol. The van der Waals surface area contributed by atoms with Crippen molar-refractivity contribution in [2.24, 2.45) is 0 Å². The van der Waals surface area contributed by atoms with Gasteiger partial charge in [-0.2, -0.15) is 0 Å². The zero-order valence-electron chi connectivity index (χ0n) is 19.5. The Morgan fingerprint density at radius 3 is 2.07 bits per heavy atom. The third-order valence-corrected chi connectivity index (χ3v) is 11.6. The smallest absolute Gasteiger partial charge is 0.303 e. The maximum absolute atomic E-state index is 11.6. The van der Waals surface area contributed by atoms with E-state index in [1.54, 1.807) is 0 Å². The molecule has 0 saturated carbocycles. The molecule has 0 N–H and O–H groups in total. The van der Waals surface area contributed by atoms with Crippen LogP contribution in [-0.4, -0.2) is 14.0 Å². The van der Waals surface area contributed by atoms with Crippen LogP contribution in [0.25, 0.3) is 0 Å². The standard InChI is InChI=1S/C24H44O3Si/c1-8-9-10-11-12-13-14-15-16-17-22(27-20(2)25)21-18-23(26-19-21)28(6,7)24(3,4)5/h18-19,22H,8-17H2,1-7H3. The van der Waals surface area contributed by atoms with Crippen LogP contribution in [0.3, 0.4) is 0 Å². The summed E-state index contributed by atoms with van der Waals surface area (Å²) >= 11 is 0. The third kappa shape index (κ3) is 8.14. The van der Waals surface area contributed by atoms with Gasteiger partial charge in [0.15, 0.2) is 0 Å². The third-order valence-electron chi connectivity index (χ3n) is 6.36. The van der Waals surface area contributed by atoms with Gasteiger partial charge in [-0.1, -0.05) is 92.2 Å². The lowest BCUT2D eigenvalue weighted by Crippen LogP contribution is -2.48. The van der Waals surface area contributed by atoms with Crippen molar-refractivity contribution in [3.8, 4) is 0 Å². The molecule has 0 spiro atoms. The van der Waals surface area contributed by atoms with Crippen molar-refractivity contribution in [3.63, 3.8) is 0 Å². The number of unbranched alkanes of at least 4 members (excludes halogenated alkanes) is 8. The summed E-state index contributed by atoms with van der Waals surface area (Å²) in [5.41, 5.74) is 1.02. The summed E-state index contributed by atoms with van der Waals surface area (Å²) in [6, 6.07) is 2.15. The van der Waals surface area contributed by atoms with E-state index in [2.05, 4.69) is 46.9 Å². The quantitative estimate of drug-likeness (QED) is 0.192. The molecule has 1 heterocycles. The summed E-state index contributed by atoms with van der Waals surface area (Å²) in [6.45, 7) is 15.3. The molecule has 28 heavy (non-hydrogen) atoms. The Balaban J connectivity index is 2.55. The van der Waals surface area contributed by atoms with Crippen LogP contribution in [0.15, 0.2) is 16.7 Å². The first-order valence-electron chi connectivity index (χ1n) is 11.4. The van der Waals surface area contributed by atoms with Crippen LogP contribution in [0.5, 0.6) is 0 Å². The van der Waals surface area contributed by atoms with E-state index in [-0.39, 0.29) is 17.1 Å². The summed E-state index contributed by atoms with van der Waals surface area (Å²) in [6.07, 6.45) is 14.2. The molecular weight excluding hydrogens is 364 g/mol. The van der Waals surface area contributed by atoms with Crippen LogP contribution in [0.4, 0.5) is 0 Å². The lowest BCUT2D eigenvalue weighted by molar-refractivity contribution is -0.147. The van der Waals surface area contributed by atoms with Crippen molar-refractivity contribution in [1.29, 1.82) is 0 Å². The summed E-state index contributed by atoms with van der Waals surface area (Å²) in [4.78, 5) is 11.6. The first kappa shape index (κ1) is 25.0. The minimum atomic E-state index is -1.72. The number of hydrogen-bond acceptors (Lipinski definition) is 3. The highest BCUT2D eigenvalue weighted by atomic mass is 28.3. The number of hydrogen-bond donors (Lipinski definition) is 0. The Labute approximate surface area is 174 Å². The van der Waals surface area contributed by atoms with Crippen LogP contribution in [0, 0.1) is 0 Å². The van der Waals surface area contributed by atoms with Gasteiger partial charge in [-0.15, -0.1) is 0 Å². The highest BCUT2D eigenvalue weighted by Gasteiger charge is 2.40. The second-order valence-corrected chi connectivity index (χ2v) is 15.1. The van der Waals surface area contributed by atoms with Gasteiger partial charge in [0.25, 0.3) is 0 Å². The van der Waals surface area contributed by atoms with Crippen LogP contribution >= 0.6 is 0 Å². The Morgan fingerprint density at radius 2 is 1.57 bits per heavy atom. The van der Waals surface area contributed by atoms with Gasteiger partial charge in [-0.3, -0.25) is 4.79 Å². The molecule has 3 nitrogen and oxygen atoms in total. The summed E-state index contributed by atoms with van der Waals surface area (Å²) < 4.78 is 11.6. The largest absolute Gasteiger partial charge is 0.474 e. The van der Waals surface area contributed by atoms with Gasteiger partial charge in [-0.05, 0) is 23.9 Å². The van der Waals surface area contributed by atoms with Gasteiger partial charge in [0, 0.05) is 12.5 Å². The van der Waals surface area contributed by atoms with Gasteiger partial charge < -0.3 is 9.15 Å². The molecule has 0 aliphatic rings. The van der Waals surface area contributed by atoms with Crippen LogP contribution in [-0.2, 0) is 9.53 Å². The molecule has 4 heteroatoms. The van der Waals surface area contributed by atoms with E-state index in [4.69, 9.17) is 9.15 Å². The zero-order chi connectivity index (χ0) is 21.2. The van der Waals surface area contributed by atoms with Crippen molar-refractivity contribution >= 4 is 19.4 Å². The van der Waals surface area contributed by atoms with Gasteiger partial charge in [0.05, 0.1) is 11.6 Å². The maximum Gasteiger partial charge on any atom is 0.303 e. The molecule has 0 aromatic carbocycles. The number of carbonyl (C=O) groups is 1. The average Bonchev–Trinajstić information content (AvgIpc) is 3.08. The van der Waals surface area contributed by atoms with E-state index >= 15 is 0 Å². The number of rotatable bonds is 13. The van der Waals surface area contributed by atoms with Crippen molar-refractivity contribution in [3.05, 3.63) is 17.9 Å². The molecule has 0 fully saturated rings. The van der Waals surface area contributed by atoms with Crippen molar-refractivity contribution in [2.45, 2.75) is 123 Å². The Kier molecular flexibility index (Phi) is 10.6. The molecule has 1 aromatic rings. The first-order chi connectivity index (χ1) is 13.1. The maximum atomic E-state index is 11.6. The predicted octanol–water partition coefficient (Wildman–Crippen LogP) is 7.52. The van der Waals surface area contributed by atoms with Gasteiger partial charge in [0.1, 0.15) is 14.2 Å². The van der Waals surface area contributed by atoms with Crippen LogP contribution in [0.2, 0.25) is 18.1 Å². The molecule has 0 saturated heterocycles. The fraction of sp³-hybridized carbons (Fsp3) is 0.792. The molecule has 0 aliphatic carbocycles. The molecule has 1 unspecified atom stereocenters. The fourth-order valence-corrected chi connectivity index (χ4v) is 4.97. The Morgan fingerprint density at radius 1 is 1.04 bits per heavy atom. The van der Waals surface area contributed by atoms with E-state index in [0.29, 0.717) is 0 Å². The predicted molar refractivity (Wildman–Crippen MR) is 122 cm³/mol. The fourth-order valence-electron chi connectivity index (χ4n) is 3.35. The molecule has 1 rings (SSSR count). The van der Waals surface area contributed by atoms with Crippen molar-refractivity contribution in [1.82, 2.24) is 0 Å². The van der Waals surface area contributed by atoms with E-state index < -0.39 is 8.07 Å². The summed E-state index contributed by atoms with van der Waals surface area (Å²) in [5, 5.41) is 1.31. The molecular formula is C24H44O3Si. The number of furan rings is 1. The number of ether oxygens (including phenoxy) is 1. The van der Waals surface area contributed by atoms with Gasteiger partial charge in [-0.25, -0.2) is 0 Å². The molecule has 0 bridgehead atoms. The second kappa shape index (κ2) is 11.8. The van der Waals surface area contributed by atoms with Gasteiger partial charge >= 0.3 is 5.97 Å². The second-order valence-electron chi connectivity index (χ2n) is 9.83. The zero-order valence-corrected chi connectivity index (χ0v) is 20.5. The normalized spacial score (nSPS) is 13.5. The van der Waals surface area contributed by atoms with E-state index in [0.717, 1.165) is 23.8 Å². The lowest BCUT2D eigenvalue weighted by atomic mass is 10.0.